The largest absolute Gasteiger partial charge is 0.497 e. The van der Waals surface area contributed by atoms with Crippen molar-refractivity contribution in [3.8, 4) is 5.75 Å². The predicted molar refractivity (Wildman–Crippen MR) is 77.8 cm³/mol. The lowest BCUT2D eigenvalue weighted by Crippen LogP contribution is -2.38. The standard InChI is InChI=1S/C15H20N2O2/c1-11-10-15(2,3)16-14(19-5)17(11)12-6-8-13(18-4)9-7-12/h6-10H,1-5H3. The van der Waals surface area contributed by atoms with Crippen molar-refractivity contribution >= 4 is 11.7 Å². The molecule has 0 atom stereocenters. The van der Waals surface area contributed by atoms with E-state index >= 15 is 0 Å². The maximum Gasteiger partial charge on any atom is 0.296 e. The van der Waals surface area contributed by atoms with Crippen LogP contribution in [-0.2, 0) is 4.74 Å². The minimum atomic E-state index is -0.238. The van der Waals surface area contributed by atoms with Gasteiger partial charge >= 0.3 is 0 Å². The Morgan fingerprint density at radius 2 is 1.68 bits per heavy atom. The Bertz CT molecular complexity index is 515. The summed E-state index contributed by atoms with van der Waals surface area (Å²) in [6, 6.07) is 8.44. The van der Waals surface area contributed by atoms with Crippen molar-refractivity contribution in [2.75, 3.05) is 19.1 Å². The minimum Gasteiger partial charge on any atom is -0.497 e. The molecule has 1 aliphatic rings. The van der Waals surface area contributed by atoms with Crippen molar-refractivity contribution in [2.24, 2.45) is 4.99 Å². The number of nitrogens with zero attached hydrogens (tertiary/aromatic N) is 2. The molecule has 0 unspecified atom stereocenters. The number of amidine groups is 1. The van der Waals surface area contributed by atoms with Gasteiger partial charge in [0.1, 0.15) is 5.75 Å². The number of ether oxygens (including phenoxy) is 2. The summed E-state index contributed by atoms with van der Waals surface area (Å²) in [6.07, 6.45) is 2.12. The molecule has 0 aromatic heterocycles. The third-order valence-electron chi connectivity index (χ3n) is 3.00. The maximum atomic E-state index is 5.42. The number of hydrogen-bond donors (Lipinski definition) is 0. The van der Waals surface area contributed by atoms with Gasteiger partial charge in [0, 0.05) is 5.70 Å². The van der Waals surface area contributed by atoms with Gasteiger partial charge in [-0.1, -0.05) is 0 Å². The summed E-state index contributed by atoms with van der Waals surface area (Å²) in [5.41, 5.74) is 1.87. The van der Waals surface area contributed by atoms with Crippen molar-refractivity contribution in [1.29, 1.82) is 0 Å². The summed E-state index contributed by atoms with van der Waals surface area (Å²) in [7, 11) is 3.30. The van der Waals surface area contributed by atoms with Crippen LogP contribution in [0.25, 0.3) is 0 Å². The van der Waals surface area contributed by atoms with Crippen LogP contribution in [0.3, 0.4) is 0 Å². The lowest BCUT2D eigenvalue weighted by atomic mass is 10.0. The molecule has 0 bridgehead atoms. The highest BCUT2D eigenvalue weighted by molar-refractivity contribution is 5.96. The Morgan fingerprint density at radius 3 is 2.21 bits per heavy atom. The fraction of sp³-hybridized carbons (Fsp3) is 0.400. The molecule has 2 rings (SSSR count). The van der Waals surface area contributed by atoms with Gasteiger partial charge in [0.15, 0.2) is 0 Å². The predicted octanol–water partition coefficient (Wildman–Crippen LogP) is 3.20. The molecule has 0 fully saturated rings. The van der Waals surface area contributed by atoms with Crippen LogP contribution < -0.4 is 9.64 Å². The molecule has 0 N–H and O–H groups in total. The van der Waals surface area contributed by atoms with E-state index in [1.807, 2.05) is 29.2 Å². The number of benzene rings is 1. The molecule has 0 saturated heterocycles. The van der Waals surface area contributed by atoms with Gasteiger partial charge in [-0.25, -0.2) is 4.99 Å². The molecule has 0 saturated carbocycles. The highest BCUT2D eigenvalue weighted by atomic mass is 16.5. The van der Waals surface area contributed by atoms with E-state index in [-0.39, 0.29) is 5.54 Å². The quantitative estimate of drug-likeness (QED) is 0.819. The first-order valence-corrected chi connectivity index (χ1v) is 6.24. The first-order chi connectivity index (χ1) is 8.96. The first-order valence-electron chi connectivity index (χ1n) is 6.24. The second kappa shape index (κ2) is 4.96. The molecular formula is C15H20N2O2. The highest BCUT2D eigenvalue weighted by Gasteiger charge is 2.27. The minimum absolute atomic E-state index is 0.238. The van der Waals surface area contributed by atoms with Gasteiger partial charge in [0.2, 0.25) is 0 Å². The van der Waals surface area contributed by atoms with Crippen molar-refractivity contribution < 1.29 is 9.47 Å². The number of rotatable bonds is 2. The molecule has 0 radical (unpaired) electrons. The van der Waals surface area contributed by atoms with Crippen LogP contribution in [0.2, 0.25) is 0 Å². The highest BCUT2D eigenvalue weighted by Crippen LogP contribution is 2.29. The second-order valence-electron chi connectivity index (χ2n) is 5.07. The third-order valence-corrected chi connectivity index (χ3v) is 3.00. The van der Waals surface area contributed by atoms with E-state index in [4.69, 9.17) is 9.47 Å². The number of anilines is 1. The molecule has 19 heavy (non-hydrogen) atoms. The summed E-state index contributed by atoms with van der Waals surface area (Å²) in [6.45, 7) is 6.17. The zero-order valence-electron chi connectivity index (χ0n) is 12.1. The molecule has 1 aliphatic heterocycles. The van der Waals surface area contributed by atoms with E-state index in [1.54, 1.807) is 14.2 Å². The average Bonchev–Trinajstić information content (AvgIpc) is 2.37. The molecule has 0 aliphatic carbocycles. The molecule has 1 aromatic rings. The van der Waals surface area contributed by atoms with Gasteiger partial charge in [-0.15, -0.1) is 0 Å². The van der Waals surface area contributed by atoms with Gasteiger partial charge < -0.3 is 9.47 Å². The van der Waals surface area contributed by atoms with Crippen LogP contribution in [0.4, 0.5) is 5.69 Å². The molecule has 1 heterocycles. The summed E-state index contributed by atoms with van der Waals surface area (Å²) in [4.78, 5) is 6.59. The zero-order chi connectivity index (χ0) is 14.0. The summed E-state index contributed by atoms with van der Waals surface area (Å²) in [5, 5.41) is 0. The van der Waals surface area contributed by atoms with Crippen LogP contribution in [0.15, 0.2) is 41.0 Å². The van der Waals surface area contributed by atoms with Crippen LogP contribution in [-0.4, -0.2) is 25.8 Å². The van der Waals surface area contributed by atoms with Gasteiger partial charge in [0.25, 0.3) is 6.02 Å². The Kier molecular flexibility index (Phi) is 3.51. The van der Waals surface area contributed by atoms with E-state index in [2.05, 4.69) is 31.8 Å². The van der Waals surface area contributed by atoms with Crippen LogP contribution in [0, 0.1) is 0 Å². The molecule has 0 spiro atoms. The summed E-state index contributed by atoms with van der Waals surface area (Å²) >= 11 is 0. The monoisotopic (exact) mass is 260 g/mol. The lowest BCUT2D eigenvalue weighted by Gasteiger charge is -2.33. The number of methoxy groups -OCH3 is 2. The number of allylic oxidation sites excluding steroid dienone is 1. The average molecular weight is 260 g/mol. The van der Waals surface area contributed by atoms with Crippen molar-refractivity contribution in [3.05, 3.63) is 36.0 Å². The second-order valence-corrected chi connectivity index (χ2v) is 5.07. The third kappa shape index (κ3) is 2.72. The first kappa shape index (κ1) is 13.5. The van der Waals surface area contributed by atoms with Gasteiger partial charge in [-0.3, -0.25) is 4.90 Å². The van der Waals surface area contributed by atoms with E-state index in [1.165, 1.54) is 0 Å². The lowest BCUT2D eigenvalue weighted by molar-refractivity contribution is 0.381. The summed E-state index contributed by atoms with van der Waals surface area (Å²) in [5.74, 6) is 0.832. The SMILES string of the molecule is COC1=NC(C)(C)C=C(C)N1c1ccc(OC)cc1. The van der Waals surface area contributed by atoms with E-state index < -0.39 is 0 Å². The fourth-order valence-corrected chi connectivity index (χ4v) is 2.24. The van der Waals surface area contributed by atoms with Crippen molar-refractivity contribution in [3.63, 3.8) is 0 Å². The molecule has 1 aromatic carbocycles. The number of hydrogen-bond acceptors (Lipinski definition) is 4. The molecule has 0 amide bonds. The fourth-order valence-electron chi connectivity index (χ4n) is 2.24. The molecule has 4 heteroatoms. The number of aliphatic imine (C=N–C) groups is 1. The van der Waals surface area contributed by atoms with Gasteiger partial charge in [-0.2, -0.15) is 0 Å². The Hall–Kier alpha value is -1.97. The molecule has 102 valence electrons. The maximum absolute atomic E-state index is 5.42. The Balaban J connectivity index is 2.39. The van der Waals surface area contributed by atoms with E-state index in [0.29, 0.717) is 6.02 Å². The Labute approximate surface area is 114 Å². The van der Waals surface area contributed by atoms with Gasteiger partial charge in [-0.05, 0) is 51.1 Å². The van der Waals surface area contributed by atoms with E-state index in [0.717, 1.165) is 17.1 Å². The van der Waals surface area contributed by atoms with Crippen molar-refractivity contribution in [1.82, 2.24) is 0 Å². The molecular weight excluding hydrogens is 240 g/mol. The zero-order valence-corrected chi connectivity index (χ0v) is 12.1. The smallest absolute Gasteiger partial charge is 0.296 e. The van der Waals surface area contributed by atoms with Crippen molar-refractivity contribution in [2.45, 2.75) is 26.3 Å². The Morgan fingerprint density at radius 1 is 1.05 bits per heavy atom. The molecule has 4 nitrogen and oxygen atoms in total. The van der Waals surface area contributed by atoms with Crippen LogP contribution in [0.5, 0.6) is 5.75 Å². The normalized spacial score (nSPS) is 17.6. The summed E-state index contributed by atoms with van der Waals surface area (Å²) < 4.78 is 10.6. The van der Waals surface area contributed by atoms with Crippen LogP contribution >= 0.6 is 0 Å². The topological polar surface area (TPSA) is 34.1 Å². The van der Waals surface area contributed by atoms with Crippen LogP contribution in [0.1, 0.15) is 20.8 Å². The van der Waals surface area contributed by atoms with Gasteiger partial charge in [0.05, 0.1) is 25.4 Å². The van der Waals surface area contributed by atoms with E-state index in [9.17, 15) is 0 Å².